The van der Waals surface area contributed by atoms with Crippen LogP contribution in [0.4, 0.5) is 4.39 Å². The molecule has 0 radical (unpaired) electrons. The molecule has 1 N–H and O–H groups in total. The molecule has 20 heavy (non-hydrogen) atoms. The predicted molar refractivity (Wildman–Crippen MR) is 77.5 cm³/mol. The van der Waals surface area contributed by atoms with Gasteiger partial charge in [0.25, 0.3) is 0 Å². The number of aryl methyl sites for hydroxylation is 1. The van der Waals surface area contributed by atoms with E-state index in [1.165, 1.54) is 23.3 Å². The maximum absolute atomic E-state index is 13.3. The average molecular weight is 268 g/mol. The average Bonchev–Trinajstić information content (AvgIpc) is 2.47. The first-order valence-electron chi connectivity index (χ1n) is 6.69. The van der Waals surface area contributed by atoms with Gasteiger partial charge in [0.1, 0.15) is 5.82 Å². The molecule has 102 valence electrons. The monoisotopic (exact) mass is 268 g/mol. The minimum absolute atomic E-state index is 0.356. The molecule has 2 aromatic carbocycles. The largest absolute Gasteiger partial charge is 0.309 e. The summed E-state index contributed by atoms with van der Waals surface area (Å²) in [5.41, 5.74) is 3.65. The summed E-state index contributed by atoms with van der Waals surface area (Å²) < 4.78 is 13.3. The standard InChI is InChI=1S/C17H17FN2/c1-2-13-3-5-14(6-4-13)11-20-12-16-7-15(10-19)8-17(18)9-16/h3-9,20H,2,11-12H2,1H3. The molecule has 0 fully saturated rings. The molecular weight excluding hydrogens is 251 g/mol. The Hall–Kier alpha value is -2.18. The van der Waals surface area contributed by atoms with Crippen molar-refractivity contribution in [3.63, 3.8) is 0 Å². The molecule has 2 aromatic rings. The van der Waals surface area contributed by atoms with E-state index in [-0.39, 0.29) is 5.82 Å². The highest BCUT2D eigenvalue weighted by molar-refractivity contribution is 5.33. The molecule has 0 aliphatic carbocycles. The second-order valence-corrected chi connectivity index (χ2v) is 4.73. The molecule has 0 unspecified atom stereocenters. The van der Waals surface area contributed by atoms with E-state index in [2.05, 4.69) is 36.5 Å². The summed E-state index contributed by atoms with van der Waals surface area (Å²) in [6.07, 6.45) is 1.04. The maximum Gasteiger partial charge on any atom is 0.124 e. The van der Waals surface area contributed by atoms with Crippen molar-refractivity contribution >= 4 is 0 Å². The molecule has 0 heterocycles. The molecule has 0 aromatic heterocycles. The smallest absolute Gasteiger partial charge is 0.124 e. The summed E-state index contributed by atoms with van der Waals surface area (Å²) in [7, 11) is 0. The lowest BCUT2D eigenvalue weighted by Gasteiger charge is -2.06. The van der Waals surface area contributed by atoms with Gasteiger partial charge in [-0.3, -0.25) is 0 Å². The Morgan fingerprint density at radius 3 is 2.30 bits per heavy atom. The number of nitrogens with zero attached hydrogens (tertiary/aromatic N) is 1. The number of nitriles is 1. The molecule has 0 aliphatic rings. The van der Waals surface area contributed by atoms with E-state index in [1.807, 2.05) is 6.07 Å². The highest BCUT2D eigenvalue weighted by atomic mass is 19.1. The molecule has 0 atom stereocenters. The second-order valence-electron chi connectivity index (χ2n) is 4.73. The number of benzene rings is 2. The molecule has 0 amide bonds. The van der Waals surface area contributed by atoms with Crippen LogP contribution >= 0.6 is 0 Å². The number of halogens is 1. The Labute approximate surface area is 118 Å². The van der Waals surface area contributed by atoms with E-state index in [1.54, 1.807) is 6.07 Å². The summed E-state index contributed by atoms with van der Waals surface area (Å²) in [6.45, 7) is 3.40. The number of hydrogen-bond donors (Lipinski definition) is 1. The van der Waals surface area contributed by atoms with Crippen LogP contribution in [0.2, 0.25) is 0 Å². The molecule has 0 saturated carbocycles. The van der Waals surface area contributed by atoms with E-state index in [4.69, 9.17) is 5.26 Å². The lowest BCUT2D eigenvalue weighted by Crippen LogP contribution is -2.13. The van der Waals surface area contributed by atoms with Gasteiger partial charge in [-0.25, -0.2) is 4.39 Å². The topological polar surface area (TPSA) is 35.8 Å². The minimum atomic E-state index is -0.367. The van der Waals surface area contributed by atoms with Crippen molar-refractivity contribution < 1.29 is 4.39 Å². The summed E-state index contributed by atoms with van der Waals surface area (Å²) >= 11 is 0. The van der Waals surface area contributed by atoms with E-state index in [9.17, 15) is 4.39 Å². The van der Waals surface area contributed by atoms with Gasteiger partial charge < -0.3 is 5.32 Å². The quantitative estimate of drug-likeness (QED) is 0.900. The fourth-order valence-corrected chi connectivity index (χ4v) is 2.06. The first-order valence-corrected chi connectivity index (χ1v) is 6.69. The predicted octanol–water partition coefficient (Wildman–Crippen LogP) is 3.55. The Kier molecular flexibility index (Phi) is 4.86. The molecule has 0 saturated heterocycles. The summed E-state index contributed by atoms with van der Waals surface area (Å²) in [6, 6.07) is 14.8. The zero-order valence-corrected chi connectivity index (χ0v) is 11.5. The van der Waals surface area contributed by atoms with Crippen LogP contribution in [0, 0.1) is 17.1 Å². The van der Waals surface area contributed by atoms with Gasteiger partial charge in [-0.15, -0.1) is 0 Å². The Morgan fingerprint density at radius 1 is 1.00 bits per heavy atom. The van der Waals surface area contributed by atoms with Crippen LogP contribution in [0.25, 0.3) is 0 Å². The number of rotatable bonds is 5. The van der Waals surface area contributed by atoms with Gasteiger partial charge in [0, 0.05) is 13.1 Å². The zero-order chi connectivity index (χ0) is 14.4. The Bertz CT molecular complexity index is 612. The van der Waals surface area contributed by atoms with E-state index in [0.717, 1.165) is 18.5 Å². The summed E-state index contributed by atoms with van der Waals surface area (Å²) in [5, 5.41) is 12.1. The molecule has 0 aliphatic heterocycles. The molecule has 2 nitrogen and oxygen atoms in total. The Balaban J connectivity index is 1.92. The molecular formula is C17H17FN2. The van der Waals surface area contributed by atoms with Crippen LogP contribution in [-0.2, 0) is 19.5 Å². The highest BCUT2D eigenvalue weighted by Crippen LogP contribution is 2.09. The molecule has 0 spiro atoms. The SMILES string of the molecule is CCc1ccc(CNCc2cc(F)cc(C#N)c2)cc1. The van der Waals surface area contributed by atoms with Gasteiger partial charge >= 0.3 is 0 Å². The van der Waals surface area contributed by atoms with Crippen molar-refractivity contribution in [2.24, 2.45) is 0 Å². The van der Waals surface area contributed by atoms with E-state index in [0.29, 0.717) is 12.1 Å². The third-order valence-corrected chi connectivity index (χ3v) is 3.18. The maximum atomic E-state index is 13.3. The fraction of sp³-hybridized carbons (Fsp3) is 0.235. The van der Waals surface area contributed by atoms with Gasteiger partial charge in [0.2, 0.25) is 0 Å². The third kappa shape index (κ3) is 3.91. The first-order chi connectivity index (χ1) is 9.71. The van der Waals surface area contributed by atoms with Gasteiger partial charge in [-0.1, -0.05) is 31.2 Å². The van der Waals surface area contributed by atoms with E-state index < -0.39 is 0 Å². The minimum Gasteiger partial charge on any atom is -0.309 e. The van der Waals surface area contributed by atoms with Crippen molar-refractivity contribution in [2.75, 3.05) is 0 Å². The number of hydrogen-bond acceptors (Lipinski definition) is 2. The van der Waals surface area contributed by atoms with Crippen LogP contribution in [0.3, 0.4) is 0 Å². The number of nitrogens with one attached hydrogen (secondary N) is 1. The van der Waals surface area contributed by atoms with Crippen LogP contribution in [-0.4, -0.2) is 0 Å². The van der Waals surface area contributed by atoms with Crippen LogP contribution in [0.15, 0.2) is 42.5 Å². The van der Waals surface area contributed by atoms with Crippen molar-refractivity contribution in [3.8, 4) is 6.07 Å². The molecule has 0 bridgehead atoms. The fourth-order valence-electron chi connectivity index (χ4n) is 2.06. The van der Waals surface area contributed by atoms with Crippen molar-refractivity contribution in [3.05, 3.63) is 70.5 Å². The third-order valence-electron chi connectivity index (χ3n) is 3.18. The molecule has 2 rings (SSSR count). The molecule has 3 heteroatoms. The van der Waals surface area contributed by atoms with Crippen LogP contribution < -0.4 is 5.32 Å². The van der Waals surface area contributed by atoms with Crippen molar-refractivity contribution in [1.29, 1.82) is 5.26 Å². The van der Waals surface area contributed by atoms with Gasteiger partial charge in [-0.2, -0.15) is 5.26 Å². The van der Waals surface area contributed by atoms with Gasteiger partial charge in [0.05, 0.1) is 11.6 Å². The normalized spacial score (nSPS) is 10.2. The summed E-state index contributed by atoms with van der Waals surface area (Å²) in [4.78, 5) is 0. The lowest BCUT2D eigenvalue weighted by atomic mass is 10.1. The van der Waals surface area contributed by atoms with E-state index >= 15 is 0 Å². The first kappa shape index (κ1) is 14.2. The van der Waals surface area contributed by atoms with Gasteiger partial charge in [0.15, 0.2) is 0 Å². The lowest BCUT2D eigenvalue weighted by molar-refractivity contribution is 0.619. The highest BCUT2D eigenvalue weighted by Gasteiger charge is 2.00. The zero-order valence-electron chi connectivity index (χ0n) is 11.5. The van der Waals surface area contributed by atoms with Crippen molar-refractivity contribution in [2.45, 2.75) is 26.4 Å². The second kappa shape index (κ2) is 6.83. The van der Waals surface area contributed by atoms with Crippen LogP contribution in [0.5, 0.6) is 0 Å². The summed E-state index contributed by atoms with van der Waals surface area (Å²) in [5.74, 6) is -0.367. The Morgan fingerprint density at radius 2 is 1.65 bits per heavy atom. The van der Waals surface area contributed by atoms with Gasteiger partial charge in [-0.05, 0) is 41.3 Å². The van der Waals surface area contributed by atoms with Crippen molar-refractivity contribution in [1.82, 2.24) is 5.32 Å². The van der Waals surface area contributed by atoms with Crippen LogP contribution in [0.1, 0.15) is 29.2 Å².